The van der Waals surface area contributed by atoms with E-state index in [0.717, 1.165) is 0 Å². The largest absolute Gasteiger partial charge is 0.396 e. The van der Waals surface area contributed by atoms with Gasteiger partial charge in [0.25, 0.3) is 0 Å². The van der Waals surface area contributed by atoms with Gasteiger partial charge in [0.15, 0.2) is 0 Å². The summed E-state index contributed by atoms with van der Waals surface area (Å²) in [5.74, 6) is -0.168. The number of carbonyl (C=O) groups is 1. The Bertz CT molecular complexity index is 527. The van der Waals surface area contributed by atoms with Crippen LogP contribution in [0.3, 0.4) is 0 Å². The number of aliphatic hydroxyl groups excluding tert-OH is 2. The van der Waals surface area contributed by atoms with E-state index in [0.29, 0.717) is 22.0 Å². The van der Waals surface area contributed by atoms with Crippen LogP contribution in [0.15, 0.2) is 30.4 Å². The minimum absolute atomic E-state index is 0.0647. The molecule has 0 spiro atoms. The van der Waals surface area contributed by atoms with Crippen molar-refractivity contribution in [3.63, 3.8) is 0 Å². The quantitative estimate of drug-likeness (QED) is 0.727. The Hall–Kier alpha value is -1.07. The molecule has 114 valence electrons. The number of amides is 1. The molecular formula is C15H17Cl2NO3. The Kier molecular flexibility index (Phi) is 5.65. The molecule has 1 aliphatic rings. The first-order chi connectivity index (χ1) is 9.97. The maximum Gasteiger partial charge on any atom is 0.223 e. The number of benzene rings is 1. The highest BCUT2D eigenvalue weighted by atomic mass is 35.5. The average molecular weight is 330 g/mol. The van der Waals surface area contributed by atoms with Crippen LogP contribution in [0, 0.1) is 5.92 Å². The molecule has 4 nitrogen and oxygen atoms in total. The maximum absolute atomic E-state index is 11.9. The van der Waals surface area contributed by atoms with E-state index < -0.39 is 6.10 Å². The maximum atomic E-state index is 11.9. The number of halogens is 2. The highest BCUT2D eigenvalue weighted by molar-refractivity contribution is 6.34. The summed E-state index contributed by atoms with van der Waals surface area (Å²) in [6.07, 6.45) is 3.41. The summed E-state index contributed by atoms with van der Waals surface area (Å²) in [7, 11) is 0. The van der Waals surface area contributed by atoms with Crippen LogP contribution in [0.1, 0.15) is 24.5 Å². The monoisotopic (exact) mass is 329 g/mol. The minimum Gasteiger partial charge on any atom is -0.396 e. The van der Waals surface area contributed by atoms with Gasteiger partial charge in [0.2, 0.25) is 5.91 Å². The molecule has 0 unspecified atom stereocenters. The predicted molar refractivity (Wildman–Crippen MR) is 82.3 cm³/mol. The van der Waals surface area contributed by atoms with Gasteiger partial charge < -0.3 is 15.5 Å². The van der Waals surface area contributed by atoms with E-state index >= 15 is 0 Å². The van der Waals surface area contributed by atoms with Crippen LogP contribution in [0.5, 0.6) is 0 Å². The third kappa shape index (κ3) is 4.71. The van der Waals surface area contributed by atoms with Gasteiger partial charge in [0.1, 0.15) is 0 Å². The van der Waals surface area contributed by atoms with Crippen molar-refractivity contribution >= 4 is 29.1 Å². The van der Waals surface area contributed by atoms with Gasteiger partial charge in [0.05, 0.1) is 12.5 Å². The zero-order valence-corrected chi connectivity index (χ0v) is 12.8. The summed E-state index contributed by atoms with van der Waals surface area (Å²) in [6.45, 7) is 0.0759. The molecule has 1 aromatic rings. The van der Waals surface area contributed by atoms with Crippen LogP contribution < -0.4 is 5.32 Å². The highest BCUT2D eigenvalue weighted by Crippen LogP contribution is 2.25. The molecule has 0 heterocycles. The average Bonchev–Trinajstić information content (AvgIpc) is 2.85. The molecule has 6 heteroatoms. The third-order valence-corrected chi connectivity index (χ3v) is 3.84. The Labute approximate surface area is 133 Å². The van der Waals surface area contributed by atoms with Crippen molar-refractivity contribution < 1.29 is 15.0 Å². The summed E-state index contributed by atoms with van der Waals surface area (Å²) in [6, 6.07) is 4.65. The molecule has 3 atom stereocenters. The molecule has 2 rings (SSSR count). The number of nitrogens with one attached hydrogen (secondary N) is 1. The second-order valence-corrected chi connectivity index (χ2v) is 6.03. The van der Waals surface area contributed by atoms with Gasteiger partial charge in [-0.2, -0.15) is 0 Å². The molecule has 0 saturated carbocycles. The van der Waals surface area contributed by atoms with Crippen molar-refractivity contribution in [1.82, 2.24) is 5.32 Å². The van der Waals surface area contributed by atoms with E-state index in [-0.39, 0.29) is 30.9 Å². The van der Waals surface area contributed by atoms with Crippen LogP contribution >= 0.6 is 23.2 Å². The number of aliphatic hydroxyl groups is 2. The lowest BCUT2D eigenvalue weighted by molar-refractivity contribution is -0.123. The molecule has 1 amide bonds. The van der Waals surface area contributed by atoms with Gasteiger partial charge in [-0.25, -0.2) is 0 Å². The number of rotatable bonds is 5. The van der Waals surface area contributed by atoms with E-state index in [9.17, 15) is 9.90 Å². The second-order valence-electron chi connectivity index (χ2n) is 5.16. The zero-order valence-electron chi connectivity index (χ0n) is 11.3. The van der Waals surface area contributed by atoms with Crippen molar-refractivity contribution in [2.45, 2.75) is 25.0 Å². The van der Waals surface area contributed by atoms with E-state index in [1.165, 1.54) is 0 Å². The molecule has 0 aliphatic heterocycles. The Morgan fingerprint density at radius 3 is 2.52 bits per heavy atom. The summed E-state index contributed by atoms with van der Waals surface area (Å²) >= 11 is 11.7. The topological polar surface area (TPSA) is 69.6 Å². The van der Waals surface area contributed by atoms with Gasteiger partial charge in [-0.15, -0.1) is 0 Å². The van der Waals surface area contributed by atoms with Gasteiger partial charge in [-0.1, -0.05) is 35.4 Å². The van der Waals surface area contributed by atoms with Gasteiger partial charge in [-0.05, 0) is 30.2 Å². The van der Waals surface area contributed by atoms with E-state index in [2.05, 4.69) is 5.32 Å². The SMILES string of the molecule is O=C(C[C@@H](O)c1cc(Cl)cc(Cl)c1)N[C@@H]1C=C[C@H](CO)C1. The third-order valence-electron chi connectivity index (χ3n) is 3.40. The Morgan fingerprint density at radius 2 is 1.95 bits per heavy atom. The van der Waals surface area contributed by atoms with Crippen LogP contribution in [-0.4, -0.2) is 28.8 Å². The van der Waals surface area contributed by atoms with Crippen molar-refractivity contribution in [3.8, 4) is 0 Å². The van der Waals surface area contributed by atoms with Crippen molar-refractivity contribution in [3.05, 3.63) is 46.0 Å². The summed E-state index contributed by atoms with van der Waals surface area (Å²) < 4.78 is 0. The number of carbonyl (C=O) groups excluding carboxylic acids is 1. The first-order valence-corrected chi connectivity index (χ1v) is 7.46. The van der Waals surface area contributed by atoms with Crippen LogP contribution in [0.4, 0.5) is 0 Å². The van der Waals surface area contributed by atoms with E-state index in [1.807, 2.05) is 12.2 Å². The zero-order chi connectivity index (χ0) is 15.4. The molecule has 0 aromatic heterocycles. The fourth-order valence-electron chi connectivity index (χ4n) is 2.34. The fourth-order valence-corrected chi connectivity index (χ4v) is 2.89. The molecular weight excluding hydrogens is 313 g/mol. The first-order valence-electron chi connectivity index (χ1n) is 6.70. The molecule has 1 aromatic carbocycles. The van der Waals surface area contributed by atoms with E-state index in [1.54, 1.807) is 18.2 Å². The lowest BCUT2D eigenvalue weighted by atomic mass is 10.1. The number of hydrogen-bond acceptors (Lipinski definition) is 3. The molecule has 0 radical (unpaired) electrons. The van der Waals surface area contributed by atoms with Crippen molar-refractivity contribution in [2.24, 2.45) is 5.92 Å². The smallest absolute Gasteiger partial charge is 0.223 e. The standard InChI is InChI=1S/C15H17Cl2NO3/c16-11-4-10(5-12(17)6-11)14(20)7-15(21)18-13-2-1-9(3-13)8-19/h1-2,4-6,9,13-14,19-20H,3,7-8H2,(H,18,21)/t9-,13+,14+/m0/s1. The van der Waals surface area contributed by atoms with Gasteiger partial charge in [-0.3, -0.25) is 4.79 Å². The summed E-state index contributed by atoms with van der Waals surface area (Å²) in [5, 5.41) is 22.8. The Morgan fingerprint density at radius 1 is 1.29 bits per heavy atom. The molecule has 3 N–H and O–H groups in total. The number of hydrogen-bond donors (Lipinski definition) is 3. The fraction of sp³-hybridized carbons (Fsp3) is 0.400. The molecule has 21 heavy (non-hydrogen) atoms. The second kappa shape index (κ2) is 7.27. The van der Waals surface area contributed by atoms with Crippen molar-refractivity contribution in [2.75, 3.05) is 6.61 Å². The summed E-state index contributed by atoms with van der Waals surface area (Å²) in [5.41, 5.74) is 0.512. The molecule has 0 bridgehead atoms. The molecule has 0 saturated heterocycles. The molecule has 0 fully saturated rings. The van der Waals surface area contributed by atoms with Crippen LogP contribution in [0.2, 0.25) is 10.0 Å². The summed E-state index contributed by atoms with van der Waals surface area (Å²) in [4.78, 5) is 11.9. The first kappa shape index (κ1) is 16.3. The predicted octanol–water partition coefficient (Wildman–Crippen LogP) is 2.47. The highest BCUT2D eigenvalue weighted by Gasteiger charge is 2.21. The minimum atomic E-state index is -0.958. The van der Waals surface area contributed by atoms with Crippen molar-refractivity contribution in [1.29, 1.82) is 0 Å². The van der Waals surface area contributed by atoms with E-state index in [4.69, 9.17) is 28.3 Å². The lowest BCUT2D eigenvalue weighted by Crippen LogP contribution is -2.33. The van der Waals surface area contributed by atoms with Crippen LogP contribution in [-0.2, 0) is 4.79 Å². The normalized spacial score (nSPS) is 22.3. The van der Waals surface area contributed by atoms with Gasteiger partial charge in [0, 0.05) is 28.6 Å². The van der Waals surface area contributed by atoms with Crippen LogP contribution in [0.25, 0.3) is 0 Å². The lowest BCUT2D eigenvalue weighted by Gasteiger charge is -2.15. The molecule has 1 aliphatic carbocycles. The Balaban J connectivity index is 1.89. The van der Waals surface area contributed by atoms with Gasteiger partial charge >= 0.3 is 0 Å².